The van der Waals surface area contributed by atoms with Crippen LogP contribution in [0.5, 0.6) is 0 Å². The van der Waals surface area contributed by atoms with Crippen LogP contribution in [0, 0.1) is 0 Å². The molecule has 0 aliphatic carbocycles. The topological polar surface area (TPSA) is 52.0 Å². The first-order valence-electron chi connectivity index (χ1n) is 7.10. The van der Waals surface area contributed by atoms with Gasteiger partial charge in [0.25, 0.3) is 5.56 Å². The number of thioether (sulfide) groups is 1. The number of hydrogen-bond donors (Lipinski definition) is 0. The van der Waals surface area contributed by atoms with E-state index in [-0.39, 0.29) is 17.1 Å². The highest BCUT2D eigenvalue weighted by molar-refractivity contribution is 7.99. The van der Waals surface area contributed by atoms with Crippen molar-refractivity contribution in [1.82, 2.24) is 9.55 Å². The molecule has 4 nitrogen and oxygen atoms in total. The summed E-state index contributed by atoms with van der Waals surface area (Å²) in [6.45, 7) is 0. The molecule has 0 atom stereocenters. The molecular formula is C18H14N2O2S. The van der Waals surface area contributed by atoms with Gasteiger partial charge in [-0.15, -0.1) is 0 Å². The van der Waals surface area contributed by atoms with Crippen molar-refractivity contribution in [1.29, 1.82) is 0 Å². The van der Waals surface area contributed by atoms with E-state index < -0.39 is 0 Å². The van der Waals surface area contributed by atoms with Crippen LogP contribution in [0.3, 0.4) is 0 Å². The zero-order chi connectivity index (χ0) is 16.1. The smallest absolute Gasteiger partial charge is 0.287 e. The van der Waals surface area contributed by atoms with Gasteiger partial charge in [0.1, 0.15) is 0 Å². The Morgan fingerprint density at radius 2 is 1.65 bits per heavy atom. The number of para-hydroxylation sites is 1. The lowest BCUT2D eigenvalue weighted by molar-refractivity contribution is 0.102. The Bertz CT molecular complexity index is 861. The Labute approximate surface area is 137 Å². The summed E-state index contributed by atoms with van der Waals surface area (Å²) in [4.78, 5) is 28.7. The van der Waals surface area contributed by atoms with E-state index >= 15 is 0 Å². The highest BCUT2D eigenvalue weighted by Gasteiger charge is 2.11. The highest BCUT2D eigenvalue weighted by Crippen LogP contribution is 2.14. The quantitative estimate of drug-likeness (QED) is 0.535. The molecule has 2 aromatic carbocycles. The normalized spacial score (nSPS) is 10.4. The van der Waals surface area contributed by atoms with Gasteiger partial charge in [0.2, 0.25) is 0 Å². The van der Waals surface area contributed by atoms with Crippen LogP contribution in [-0.2, 0) is 0 Å². The maximum absolute atomic E-state index is 12.5. The van der Waals surface area contributed by atoms with Crippen molar-refractivity contribution in [2.24, 2.45) is 0 Å². The van der Waals surface area contributed by atoms with Crippen LogP contribution in [0.15, 0.2) is 82.9 Å². The third kappa shape index (κ3) is 3.57. The molecule has 5 heteroatoms. The van der Waals surface area contributed by atoms with Crippen molar-refractivity contribution < 1.29 is 4.79 Å². The van der Waals surface area contributed by atoms with E-state index in [4.69, 9.17) is 0 Å². The summed E-state index contributed by atoms with van der Waals surface area (Å²) in [6, 6.07) is 18.4. The van der Waals surface area contributed by atoms with Gasteiger partial charge < -0.3 is 0 Å². The Kier molecular flexibility index (Phi) is 4.68. The highest BCUT2D eigenvalue weighted by atomic mass is 32.2. The summed E-state index contributed by atoms with van der Waals surface area (Å²) in [6.07, 6.45) is 3.20. The lowest BCUT2D eigenvalue weighted by Crippen LogP contribution is -2.21. The van der Waals surface area contributed by atoms with Crippen LogP contribution >= 0.6 is 11.8 Å². The first kappa shape index (κ1) is 15.2. The van der Waals surface area contributed by atoms with Gasteiger partial charge in [0.05, 0.1) is 5.75 Å². The van der Waals surface area contributed by atoms with Crippen LogP contribution < -0.4 is 5.56 Å². The Morgan fingerprint density at radius 1 is 1.00 bits per heavy atom. The van der Waals surface area contributed by atoms with E-state index in [1.54, 1.807) is 24.5 Å². The third-order valence-corrected chi connectivity index (χ3v) is 4.24. The molecule has 0 aliphatic rings. The van der Waals surface area contributed by atoms with Crippen molar-refractivity contribution in [3.05, 3.63) is 89.0 Å². The zero-order valence-electron chi connectivity index (χ0n) is 12.3. The fourth-order valence-corrected chi connectivity index (χ4v) is 2.92. The fraction of sp³-hybridized carbons (Fsp3) is 0.0556. The third-order valence-electron chi connectivity index (χ3n) is 3.28. The second kappa shape index (κ2) is 7.07. The van der Waals surface area contributed by atoms with E-state index in [1.807, 2.05) is 48.5 Å². The summed E-state index contributed by atoms with van der Waals surface area (Å²) in [5.74, 6) is 0.164. The van der Waals surface area contributed by atoms with E-state index in [2.05, 4.69) is 4.98 Å². The van der Waals surface area contributed by atoms with Crippen molar-refractivity contribution >= 4 is 17.5 Å². The average Bonchev–Trinajstić information content (AvgIpc) is 2.62. The Morgan fingerprint density at radius 3 is 2.35 bits per heavy atom. The van der Waals surface area contributed by atoms with Crippen LogP contribution in [0.4, 0.5) is 0 Å². The lowest BCUT2D eigenvalue weighted by Gasteiger charge is -2.07. The van der Waals surface area contributed by atoms with Crippen LogP contribution in [0.25, 0.3) is 5.69 Å². The van der Waals surface area contributed by atoms with Gasteiger partial charge in [-0.3, -0.25) is 14.2 Å². The summed E-state index contributed by atoms with van der Waals surface area (Å²) < 4.78 is 1.53. The van der Waals surface area contributed by atoms with E-state index in [0.717, 1.165) is 17.4 Å². The first-order valence-corrected chi connectivity index (χ1v) is 8.08. The Balaban J connectivity index is 1.79. The number of aromatic nitrogens is 2. The first-order chi connectivity index (χ1) is 11.3. The maximum atomic E-state index is 12.5. The number of benzene rings is 2. The van der Waals surface area contributed by atoms with Crippen molar-refractivity contribution in [3.8, 4) is 5.69 Å². The van der Waals surface area contributed by atoms with Gasteiger partial charge in [-0.05, 0) is 12.1 Å². The molecule has 0 unspecified atom stereocenters. The molecule has 0 bridgehead atoms. The number of rotatable bonds is 5. The molecule has 114 valence electrons. The van der Waals surface area contributed by atoms with Crippen LogP contribution in [0.2, 0.25) is 0 Å². The van der Waals surface area contributed by atoms with Gasteiger partial charge in [-0.25, -0.2) is 4.98 Å². The molecule has 1 heterocycles. The van der Waals surface area contributed by atoms with Crippen LogP contribution in [0.1, 0.15) is 10.4 Å². The molecular weight excluding hydrogens is 308 g/mol. The predicted molar refractivity (Wildman–Crippen MR) is 91.3 cm³/mol. The molecule has 23 heavy (non-hydrogen) atoms. The monoisotopic (exact) mass is 322 g/mol. The number of Topliss-reactive ketones (excluding diaryl/α,β-unsaturated/α-hetero) is 1. The molecule has 0 radical (unpaired) electrons. The van der Waals surface area contributed by atoms with E-state index in [1.165, 1.54) is 4.57 Å². The largest absolute Gasteiger partial charge is 0.293 e. The molecule has 1 aromatic heterocycles. The summed E-state index contributed by atoms with van der Waals surface area (Å²) in [5.41, 5.74) is 1.19. The van der Waals surface area contributed by atoms with Gasteiger partial charge >= 0.3 is 0 Å². The lowest BCUT2D eigenvalue weighted by atomic mass is 10.2. The molecule has 0 saturated carbocycles. The standard InChI is InChI=1S/C18H14N2O2S/c21-16(14-7-3-1-4-8-14)13-23-17-18(22)20(12-11-19-17)15-9-5-2-6-10-15/h1-12H,13H2. The van der Waals surface area contributed by atoms with Gasteiger partial charge in [0, 0.05) is 23.6 Å². The SMILES string of the molecule is O=C(CSc1nccn(-c2ccccc2)c1=O)c1ccccc1. The van der Waals surface area contributed by atoms with Crippen molar-refractivity contribution in [2.75, 3.05) is 5.75 Å². The molecule has 0 saturated heterocycles. The van der Waals surface area contributed by atoms with Gasteiger partial charge in [0.15, 0.2) is 10.8 Å². The van der Waals surface area contributed by atoms with E-state index in [9.17, 15) is 9.59 Å². The van der Waals surface area contributed by atoms with Crippen LogP contribution in [-0.4, -0.2) is 21.1 Å². The minimum atomic E-state index is -0.218. The Hall–Kier alpha value is -2.66. The summed E-state index contributed by atoms with van der Waals surface area (Å²) in [7, 11) is 0. The minimum Gasteiger partial charge on any atom is -0.293 e. The molecule has 0 aliphatic heterocycles. The minimum absolute atomic E-state index is 0.0214. The summed E-state index contributed by atoms with van der Waals surface area (Å²) in [5, 5.41) is 0.320. The molecule has 0 spiro atoms. The second-order valence-corrected chi connectivity index (χ2v) is 5.79. The summed E-state index contributed by atoms with van der Waals surface area (Å²) >= 11 is 1.16. The maximum Gasteiger partial charge on any atom is 0.287 e. The fourth-order valence-electron chi connectivity index (χ4n) is 2.13. The molecule has 0 fully saturated rings. The number of nitrogens with zero attached hydrogens (tertiary/aromatic N) is 2. The molecule has 0 N–H and O–H groups in total. The zero-order valence-corrected chi connectivity index (χ0v) is 13.1. The second-order valence-electron chi connectivity index (χ2n) is 4.82. The average molecular weight is 322 g/mol. The van der Waals surface area contributed by atoms with Crippen molar-refractivity contribution in [3.63, 3.8) is 0 Å². The number of hydrogen-bond acceptors (Lipinski definition) is 4. The molecule has 3 aromatic rings. The van der Waals surface area contributed by atoms with Gasteiger partial charge in [-0.2, -0.15) is 0 Å². The molecule has 0 amide bonds. The predicted octanol–water partition coefficient (Wildman–Crippen LogP) is 3.21. The number of carbonyl (C=O) groups is 1. The number of carbonyl (C=O) groups excluding carboxylic acids is 1. The molecule has 3 rings (SSSR count). The van der Waals surface area contributed by atoms with Gasteiger partial charge in [-0.1, -0.05) is 60.3 Å². The van der Waals surface area contributed by atoms with E-state index in [0.29, 0.717) is 10.6 Å². The number of ketones is 1. The van der Waals surface area contributed by atoms with Crippen molar-refractivity contribution in [2.45, 2.75) is 5.03 Å².